The lowest BCUT2D eigenvalue weighted by Gasteiger charge is -2.14. The van der Waals surface area contributed by atoms with Crippen LogP contribution in [0.4, 0.5) is 0 Å². The lowest BCUT2D eigenvalue weighted by Crippen LogP contribution is -2.27. The molecule has 1 aromatic carbocycles. The Morgan fingerprint density at radius 2 is 2.15 bits per heavy atom. The van der Waals surface area contributed by atoms with Gasteiger partial charge in [0.05, 0.1) is 12.2 Å². The summed E-state index contributed by atoms with van der Waals surface area (Å²) < 4.78 is 1.83. The van der Waals surface area contributed by atoms with Crippen molar-refractivity contribution in [2.45, 2.75) is 12.5 Å². The lowest BCUT2D eigenvalue weighted by molar-refractivity contribution is -0.125. The molecule has 0 spiro atoms. The van der Waals surface area contributed by atoms with Gasteiger partial charge in [-0.05, 0) is 18.1 Å². The summed E-state index contributed by atoms with van der Waals surface area (Å²) in [6.45, 7) is 1.46. The Kier molecular flexibility index (Phi) is 3.58. The Morgan fingerprint density at radius 1 is 1.30 bits per heavy atom. The monoisotopic (exact) mass is 268 g/mol. The van der Waals surface area contributed by atoms with E-state index in [9.17, 15) is 4.79 Å². The molecule has 2 aromatic rings. The van der Waals surface area contributed by atoms with Crippen molar-refractivity contribution in [3.8, 4) is 0 Å². The maximum Gasteiger partial charge on any atom is 0.246 e. The van der Waals surface area contributed by atoms with Gasteiger partial charge >= 0.3 is 0 Å². The van der Waals surface area contributed by atoms with Crippen LogP contribution >= 0.6 is 0 Å². The third kappa shape index (κ3) is 2.77. The SMILES string of the molecule is O=C(/C=C/c1ccccc1)N1CC[C@@H](n2ccnn2)C1. The molecule has 0 radical (unpaired) electrons. The minimum Gasteiger partial charge on any atom is -0.337 e. The van der Waals surface area contributed by atoms with Gasteiger partial charge < -0.3 is 4.90 Å². The van der Waals surface area contributed by atoms with Gasteiger partial charge in [-0.1, -0.05) is 35.5 Å². The van der Waals surface area contributed by atoms with E-state index in [-0.39, 0.29) is 11.9 Å². The van der Waals surface area contributed by atoms with Crippen LogP contribution in [-0.2, 0) is 4.79 Å². The number of rotatable bonds is 3. The van der Waals surface area contributed by atoms with Crippen molar-refractivity contribution in [1.82, 2.24) is 19.9 Å². The number of amides is 1. The summed E-state index contributed by atoms with van der Waals surface area (Å²) in [7, 11) is 0. The molecule has 1 aromatic heterocycles. The van der Waals surface area contributed by atoms with Gasteiger partial charge in [0.25, 0.3) is 0 Å². The normalized spacial score (nSPS) is 18.8. The molecule has 0 saturated carbocycles. The molecule has 0 aliphatic carbocycles. The number of aromatic nitrogens is 3. The highest BCUT2D eigenvalue weighted by atomic mass is 16.2. The van der Waals surface area contributed by atoms with Crippen LogP contribution in [0.3, 0.4) is 0 Å². The van der Waals surface area contributed by atoms with Gasteiger partial charge in [0, 0.05) is 25.4 Å². The van der Waals surface area contributed by atoms with E-state index in [2.05, 4.69) is 10.3 Å². The van der Waals surface area contributed by atoms with Crippen molar-refractivity contribution >= 4 is 12.0 Å². The van der Waals surface area contributed by atoms with Crippen molar-refractivity contribution in [2.75, 3.05) is 13.1 Å². The molecule has 1 aliphatic rings. The molecule has 1 amide bonds. The molecule has 0 N–H and O–H groups in total. The van der Waals surface area contributed by atoms with Gasteiger partial charge in [0.2, 0.25) is 5.91 Å². The van der Waals surface area contributed by atoms with E-state index < -0.39 is 0 Å². The first-order valence-electron chi connectivity index (χ1n) is 6.71. The topological polar surface area (TPSA) is 51.0 Å². The second-order valence-corrected chi connectivity index (χ2v) is 4.85. The summed E-state index contributed by atoms with van der Waals surface area (Å²) in [4.78, 5) is 14.0. The van der Waals surface area contributed by atoms with Gasteiger partial charge in [-0.15, -0.1) is 5.10 Å². The third-order valence-electron chi connectivity index (χ3n) is 3.51. The zero-order chi connectivity index (χ0) is 13.8. The maximum absolute atomic E-state index is 12.1. The maximum atomic E-state index is 12.1. The summed E-state index contributed by atoms with van der Waals surface area (Å²) in [6, 6.07) is 10.1. The summed E-state index contributed by atoms with van der Waals surface area (Å²) >= 11 is 0. The van der Waals surface area contributed by atoms with Gasteiger partial charge in [0.15, 0.2) is 0 Å². The molecule has 1 atom stereocenters. The van der Waals surface area contributed by atoms with Gasteiger partial charge in [0.1, 0.15) is 0 Å². The number of carbonyl (C=O) groups excluding carboxylic acids is 1. The average molecular weight is 268 g/mol. The van der Waals surface area contributed by atoms with Crippen LogP contribution in [0.5, 0.6) is 0 Å². The molecular weight excluding hydrogens is 252 g/mol. The fourth-order valence-electron chi connectivity index (χ4n) is 2.41. The largest absolute Gasteiger partial charge is 0.337 e. The van der Waals surface area contributed by atoms with Crippen molar-refractivity contribution in [1.29, 1.82) is 0 Å². The van der Waals surface area contributed by atoms with Gasteiger partial charge in [-0.25, -0.2) is 4.68 Å². The Balaban J connectivity index is 1.60. The Labute approximate surface area is 117 Å². The molecule has 102 valence electrons. The highest BCUT2D eigenvalue weighted by molar-refractivity contribution is 5.91. The van der Waals surface area contributed by atoms with E-state index in [1.165, 1.54) is 0 Å². The first kappa shape index (κ1) is 12.6. The second kappa shape index (κ2) is 5.69. The molecule has 20 heavy (non-hydrogen) atoms. The molecule has 3 rings (SSSR count). The van der Waals surface area contributed by atoms with Crippen LogP contribution in [0.25, 0.3) is 6.08 Å². The highest BCUT2D eigenvalue weighted by Crippen LogP contribution is 2.20. The third-order valence-corrected chi connectivity index (χ3v) is 3.51. The quantitative estimate of drug-likeness (QED) is 0.797. The molecule has 1 aliphatic heterocycles. The van der Waals surface area contributed by atoms with Crippen LogP contribution in [-0.4, -0.2) is 38.9 Å². The summed E-state index contributed by atoms with van der Waals surface area (Å²) in [5.74, 6) is 0.0523. The van der Waals surface area contributed by atoms with Crippen LogP contribution in [0.15, 0.2) is 48.8 Å². The molecule has 5 heteroatoms. The molecule has 1 fully saturated rings. The Hall–Kier alpha value is -2.43. The number of hydrogen-bond acceptors (Lipinski definition) is 3. The van der Waals surface area contributed by atoms with E-state index in [0.29, 0.717) is 6.54 Å². The summed E-state index contributed by atoms with van der Waals surface area (Å²) in [5, 5.41) is 7.80. The highest BCUT2D eigenvalue weighted by Gasteiger charge is 2.26. The lowest BCUT2D eigenvalue weighted by atomic mass is 10.2. The van der Waals surface area contributed by atoms with E-state index in [4.69, 9.17) is 0 Å². The van der Waals surface area contributed by atoms with Crippen LogP contribution in [0.2, 0.25) is 0 Å². The fraction of sp³-hybridized carbons (Fsp3) is 0.267. The Morgan fingerprint density at radius 3 is 2.90 bits per heavy atom. The molecule has 5 nitrogen and oxygen atoms in total. The molecular formula is C15H16N4O. The average Bonchev–Trinajstić information content (AvgIpc) is 3.16. The summed E-state index contributed by atoms with van der Waals surface area (Å²) in [6.07, 6.45) is 7.93. The number of likely N-dealkylation sites (tertiary alicyclic amines) is 1. The zero-order valence-corrected chi connectivity index (χ0v) is 11.1. The van der Waals surface area contributed by atoms with Crippen LogP contribution in [0.1, 0.15) is 18.0 Å². The number of carbonyl (C=O) groups is 1. The minimum absolute atomic E-state index is 0.0523. The smallest absolute Gasteiger partial charge is 0.246 e. The van der Waals surface area contributed by atoms with Crippen molar-refractivity contribution < 1.29 is 4.79 Å². The molecule has 0 unspecified atom stereocenters. The van der Waals surface area contributed by atoms with E-state index in [1.54, 1.807) is 12.3 Å². The van der Waals surface area contributed by atoms with Crippen LogP contribution < -0.4 is 0 Å². The van der Waals surface area contributed by atoms with Crippen molar-refractivity contribution in [3.05, 3.63) is 54.4 Å². The standard InChI is InChI=1S/C15H16N4O/c20-15(7-6-13-4-2-1-3-5-13)18-10-8-14(12-18)19-11-9-16-17-19/h1-7,9,11,14H,8,10,12H2/b7-6+/t14-/m1/s1. The number of benzene rings is 1. The predicted molar refractivity (Wildman–Crippen MR) is 75.7 cm³/mol. The molecule has 2 heterocycles. The fourth-order valence-corrected chi connectivity index (χ4v) is 2.41. The molecule has 1 saturated heterocycles. The zero-order valence-electron chi connectivity index (χ0n) is 11.1. The van der Waals surface area contributed by atoms with Gasteiger partial charge in [-0.2, -0.15) is 0 Å². The number of hydrogen-bond donors (Lipinski definition) is 0. The Bertz CT molecular complexity index is 592. The van der Waals surface area contributed by atoms with E-state index in [1.807, 2.05) is 52.2 Å². The van der Waals surface area contributed by atoms with Gasteiger partial charge in [-0.3, -0.25) is 4.79 Å². The first-order valence-corrected chi connectivity index (χ1v) is 6.71. The summed E-state index contributed by atoms with van der Waals surface area (Å²) in [5.41, 5.74) is 1.04. The first-order chi connectivity index (χ1) is 9.83. The van der Waals surface area contributed by atoms with Crippen molar-refractivity contribution in [3.63, 3.8) is 0 Å². The van der Waals surface area contributed by atoms with E-state index >= 15 is 0 Å². The number of nitrogens with zero attached hydrogens (tertiary/aromatic N) is 4. The van der Waals surface area contributed by atoms with E-state index in [0.717, 1.165) is 18.5 Å². The van der Waals surface area contributed by atoms with Crippen LogP contribution in [0, 0.1) is 0 Å². The predicted octanol–water partition coefficient (Wildman–Crippen LogP) is 1.76. The minimum atomic E-state index is 0.0523. The second-order valence-electron chi connectivity index (χ2n) is 4.85. The molecule has 0 bridgehead atoms. The van der Waals surface area contributed by atoms with Crippen molar-refractivity contribution in [2.24, 2.45) is 0 Å².